The van der Waals surface area contributed by atoms with Crippen LogP contribution >= 0.6 is 15.9 Å². The average Bonchev–Trinajstić information content (AvgIpc) is 2.22. The van der Waals surface area contributed by atoms with Crippen molar-refractivity contribution in [3.63, 3.8) is 0 Å². The first-order chi connectivity index (χ1) is 7.95. The van der Waals surface area contributed by atoms with Crippen molar-refractivity contribution in [3.8, 4) is 0 Å². The lowest BCUT2D eigenvalue weighted by Gasteiger charge is -2.10. The Bertz CT molecular complexity index is 424. The van der Waals surface area contributed by atoms with E-state index in [-0.39, 0.29) is 28.8 Å². The molecule has 0 aliphatic heterocycles. The van der Waals surface area contributed by atoms with E-state index in [0.717, 1.165) is 0 Å². The Hall–Kier alpha value is -1.04. The van der Waals surface area contributed by atoms with Gasteiger partial charge in [0.15, 0.2) is 0 Å². The van der Waals surface area contributed by atoms with E-state index in [4.69, 9.17) is 4.74 Å². The van der Waals surface area contributed by atoms with Crippen LogP contribution in [0.2, 0.25) is 0 Å². The predicted molar refractivity (Wildman–Crippen MR) is 62.0 cm³/mol. The third-order valence-corrected chi connectivity index (χ3v) is 2.95. The van der Waals surface area contributed by atoms with Crippen LogP contribution < -0.4 is 0 Å². The summed E-state index contributed by atoms with van der Waals surface area (Å²) in [7, 11) is 0. The summed E-state index contributed by atoms with van der Waals surface area (Å²) in [6, 6.07) is 1.30. The number of aromatic nitrogens is 1. The highest BCUT2D eigenvalue weighted by atomic mass is 79.9. The molecule has 0 aliphatic carbocycles. The maximum Gasteiger partial charge on any atom is 0.311 e. The quantitative estimate of drug-likeness (QED) is 0.802. The highest BCUT2D eigenvalue weighted by Gasteiger charge is 2.18. The van der Waals surface area contributed by atoms with Crippen molar-refractivity contribution in [2.75, 3.05) is 6.61 Å². The van der Waals surface area contributed by atoms with Gasteiger partial charge < -0.3 is 4.74 Å². The molecule has 1 rings (SSSR count). The number of halogens is 3. The number of carbonyl (C=O) groups is 1. The number of alkyl halides is 2. The van der Waals surface area contributed by atoms with Crippen molar-refractivity contribution in [2.24, 2.45) is 0 Å². The van der Waals surface area contributed by atoms with Gasteiger partial charge in [-0.3, -0.25) is 9.78 Å². The number of aryl methyl sites for hydroxylation is 1. The number of carbonyl (C=O) groups excluding carboxylic acids is 1. The number of nitrogens with zero attached hydrogens (tertiary/aromatic N) is 1. The minimum Gasteiger partial charge on any atom is -0.466 e. The number of hydrogen-bond donors (Lipinski definition) is 0. The van der Waals surface area contributed by atoms with Gasteiger partial charge in [0.2, 0.25) is 0 Å². The zero-order chi connectivity index (χ0) is 13.0. The Balaban J connectivity index is 3.03. The molecule has 0 radical (unpaired) electrons. The van der Waals surface area contributed by atoms with E-state index in [2.05, 4.69) is 20.9 Å². The Morgan fingerprint density at radius 2 is 2.24 bits per heavy atom. The van der Waals surface area contributed by atoms with Crippen molar-refractivity contribution in [2.45, 2.75) is 26.7 Å². The van der Waals surface area contributed by atoms with Crippen LogP contribution in [0, 0.1) is 6.92 Å². The minimum atomic E-state index is -2.60. The summed E-state index contributed by atoms with van der Waals surface area (Å²) in [6.07, 6.45) is -2.72. The number of rotatable bonds is 4. The Morgan fingerprint density at radius 1 is 1.59 bits per heavy atom. The molecule has 0 bridgehead atoms. The van der Waals surface area contributed by atoms with E-state index in [9.17, 15) is 13.6 Å². The summed E-state index contributed by atoms with van der Waals surface area (Å²) >= 11 is 3.05. The molecule has 0 unspecified atom stereocenters. The standard InChI is InChI=1S/C11H12BrF2NO2/c1-3-17-9(16)5-8-10(12)7(11(13)14)4-6(2)15-8/h4,11H,3,5H2,1-2H3. The normalized spacial score (nSPS) is 10.7. The molecule has 0 spiro atoms. The lowest BCUT2D eigenvalue weighted by atomic mass is 10.1. The average molecular weight is 308 g/mol. The third-order valence-electron chi connectivity index (χ3n) is 2.03. The Labute approximate surface area is 106 Å². The van der Waals surface area contributed by atoms with Crippen molar-refractivity contribution >= 4 is 21.9 Å². The van der Waals surface area contributed by atoms with Gasteiger partial charge in [0.05, 0.1) is 18.7 Å². The molecule has 3 nitrogen and oxygen atoms in total. The minimum absolute atomic E-state index is 0.115. The zero-order valence-electron chi connectivity index (χ0n) is 9.47. The molecule has 0 saturated heterocycles. The summed E-state index contributed by atoms with van der Waals surface area (Å²) in [5.74, 6) is -0.480. The van der Waals surface area contributed by atoms with Gasteiger partial charge in [-0.1, -0.05) is 0 Å². The molecular formula is C11H12BrF2NO2. The van der Waals surface area contributed by atoms with E-state index in [1.54, 1.807) is 13.8 Å². The van der Waals surface area contributed by atoms with Gasteiger partial charge in [0, 0.05) is 15.7 Å². The highest BCUT2D eigenvalue weighted by Crippen LogP contribution is 2.30. The maximum atomic E-state index is 12.7. The van der Waals surface area contributed by atoms with E-state index in [0.29, 0.717) is 5.69 Å². The largest absolute Gasteiger partial charge is 0.466 e. The molecule has 6 heteroatoms. The molecule has 0 aromatic carbocycles. The molecule has 0 amide bonds. The van der Waals surface area contributed by atoms with Crippen LogP contribution in [0.1, 0.15) is 30.3 Å². The fourth-order valence-electron chi connectivity index (χ4n) is 1.37. The fourth-order valence-corrected chi connectivity index (χ4v) is 1.89. The second kappa shape index (κ2) is 6.05. The first-order valence-corrected chi connectivity index (χ1v) is 5.84. The summed E-state index contributed by atoms with van der Waals surface area (Å²) in [6.45, 7) is 3.54. The monoisotopic (exact) mass is 307 g/mol. The van der Waals surface area contributed by atoms with Crippen LogP contribution in [-0.4, -0.2) is 17.6 Å². The van der Waals surface area contributed by atoms with Gasteiger partial charge in [-0.05, 0) is 35.8 Å². The molecular weight excluding hydrogens is 296 g/mol. The summed E-state index contributed by atoms with van der Waals surface area (Å²) < 4.78 is 30.3. The van der Waals surface area contributed by atoms with Crippen LogP contribution in [-0.2, 0) is 16.0 Å². The summed E-state index contributed by atoms with van der Waals surface area (Å²) in [5.41, 5.74) is 0.568. The van der Waals surface area contributed by atoms with Gasteiger partial charge in [-0.2, -0.15) is 0 Å². The molecule has 1 heterocycles. The Kier molecular flexibility index (Phi) is 4.99. The topological polar surface area (TPSA) is 39.2 Å². The fraction of sp³-hybridized carbons (Fsp3) is 0.455. The van der Waals surface area contributed by atoms with Gasteiger partial charge in [-0.15, -0.1) is 0 Å². The van der Waals surface area contributed by atoms with E-state index in [1.165, 1.54) is 6.07 Å². The van der Waals surface area contributed by atoms with Crippen molar-refractivity contribution in [1.82, 2.24) is 4.98 Å². The molecule has 17 heavy (non-hydrogen) atoms. The summed E-state index contributed by atoms with van der Waals surface area (Å²) in [4.78, 5) is 15.3. The number of esters is 1. The number of hydrogen-bond acceptors (Lipinski definition) is 3. The molecule has 1 aromatic heterocycles. The smallest absolute Gasteiger partial charge is 0.311 e. The molecule has 0 fully saturated rings. The molecule has 0 aliphatic rings. The lowest BCUT2D eigenvalue weighted by Crippen LogP contribution is -2.10. The second-order valence-electron chi connectivity index (χ2n) is 3.40. The molecule has 1 aromatic rings. The first-order valence-electron chi connectivity index (χ1n) is 5.05. The number of pyridine rings is 1. The molecule has 0 N–H and O–H groups in total. The second-order valence-corrected chi connectivity index (χ2v) is 4.19. The van der Waals surface area contributed by atoms with Crippen LogP contribution in [0.3, 0.4) is 0 Å². The lowest BCUT2D eigenvalue weighted by molar-refractivity contribution is -0.142. The van der Waals surface area contributed by atoms with E-state index in [1.807, 2.05) is 0 Å². The summed E-state index contributed by atoms with van der Waals surface area (Å²) in [5, 5.41) is 0. The third kappa shape index (κ3) is 3.73. The highest BCUT2D eigenvalue weighted by molar-refractivity contribution is 9.10. The van der Waals surface area contributed by atoms with Crippen LogP contribution in [0.15, 0.2) is 10.5 Å². The zero-order valence-corrected chi connectivity index (χ0v) is 11.1. The van der Waals surface area contributed by atoms with Crippen molar-refractivity contribution in [3.05, 3.63) is 27.5 Å². The van der Waals surface area contributed by atoms with Gasteiger partial charge in [-0.25, -0.2) is 8.78 Å². The van der Waals surface area contributed by atoms with Crippen LogP contribution in [0.25, 0.3) is 0 Å². The molecule has 0 atom stereocenters. The number of ether oxygens (including phenoxy) is 1. The van der Waals surface area contributed by atoms with E-state index >= 15 is 0 Å². The van der Waals surface area contributed by atoms with Crippen molar-refractivity contribution in [1.29, 1.82) is 0 Å². The molecule has 94 valence electrons. The van der Waals surface area contributed by atoms with Gasteiger partial charge in [0.1, 0.15) is 0 Å². The maximum absolute atomic E-state index is 12.7. The van der Waals surface area contributed by atoms with Crippen LogP contribution in [0.5, 0.6) is 0 Å². The van der Waals surface area contributed by atoms with Gasteiger partial charge in [0.25, 0.3) is 6.43 Å². The first kappa shape index (κ1) is 14.0. The van der Waals surface area contributed by atoms with E-state index < -0.39 is 12.4 Å². The molecule has 0 saturated carbocycles. The SMILES string of the molecule is CCOC(=O)Cc1nc(C)cc(C(F)F)c1Br. The predicted octanol–water partition coefficient (Wildman–Crippen LogP) is 3.20. The van der Waals surface area contributed by atoms with Crippen LogP contribution in [0.4, 0.5) is 8.78 Å². The van der Waals surface area contributed by atoms with Gasteiger partial charge >= 0.3 is 5.97 Å². The Morgan fingerprint density at radius 3 is 2.76 bits per heavy atom. The van der Waals surface area contributed by atoms with Crippen molar-refractivity contribution < 1.29 is 18.3 Å².